The number of pyridine rings is 1. The van der Waals surface area contributed by atoms with Crippen molar-refractivity contribution in [2.75, 3.05) is 4.72 Å². The quantitative estimate of drug-likeness (QED) is 0.457. The van der Waals surface area contributed by atoms with Crippen LogP contribution in [0.25, 0.3) is 21.7 Å². The minimum atomic E-state index is -4.44. The molecule has 0 saturated carbocycles. The van der Waals surface area contributed by atoms with Gasteiger partial charge in [0.15, 0.2) is 16.5 Å². The Morgan fingerprint density at radius 1 is 0.967 bits per heavy atom. The van der Waals surface area contributed by atoms with Gasteiger partial charge in [0.25, 0.3) is 10.0 Å². The van der Waals surface area contributed by atoms with Crippen molar-refractivity contribution in [1.29, 1.82) is 0 Å². The topological polar surface area (TPSA) is 72.0 Å². The molecule has 0 aliphatic carbocycles. The predicted molar refractivity (Wildman–Crippen MR) is 113 cm³/mol. The maximum absolute atomic E-state index is 13.8. The molecular weight excluding hydrogens is 428 g/mol. The summed E-state index contributed by atoms with van der Waals surface area (Å²) >= 11 is 1.54. The highest BCUT2D eigenvalue weighted by Gasteiger charge is 2.24. The number of anilines is 1. The fraction of sp³-hybridized carbons (Fsp3) is 0.0476. The number of halogens is 2. The van der Waals surface area contributed by atoms with Gasteiger partial charge in [-0.1, -0.05) is 24.3 Å². The number of sulfonamides is 1. The molecule has 2 heterocycles. The van der Waals surface area contributed by atoms with Gasteiger partial charge < -0.3 is 0 Å². The van der Waals surface area contributed by atoms with Gasteiger partial charge in [-0.2, -0.15) is 0 Å². The van der Waals surface area contributed by atoms with Crippen LogP contribution in [0, 0.1) is 18.6 Å². The zero-order valence-corrected chi connectivity index (χ0v) is 17.3. The summed E-state index contributed by atoms with van der Waals surface area (Å²) in [7, 11) is -4.44. The Kier molecular flexibility index (Phi) is 5.31. The van der Waals surface area contributed by atoms with Crippen molar-refractivity contribution in [2.24, 2.45) is 0 Å². The summed E-state index contributed by atoms with van der Waals surface area (Å²) in [5.74, 6) is -2.51. The molecule has 9 heteroatoms. The van der Waals surface area contributed by atoms with Gasteiger partial charge in [-0.05, 0) is 41.8 Å². The highest BCUT2D eigenvalue weighted by molar-refractivity contribution is 7.92. The molecule has 4 aromatic rings. The van der Waals surface area contributed by atoms with E-state index in [4.69, 9.17) is 0 Å². The van der Waals surface area contributed by atoms with Gasteiger partial charge >= 0.3 is 0 Å². The summed E-state index contributed by atoms with van der Waals surface area (Å²) in [6.45, 7) is 1.98. The van der Waals surface area contributed by atoms with Gasteiger partial charge in [0, 0.05) is 22.8 Å². The molecule has 5 nitrogen and oxygen atoms in total. The molecule has 0 radical (unpaired) electrons. The highest BCUT2D eigenvalue weighted by Crippen LogP contribution is 2.31. The van der Waals surface area contributed by atoms with Crippen LogP contribution in [0.1, 0.15) is 5.56 Å². The van der Waals surface area contributed by atoms with E-state index in [1.54, 1.807) is 41.8 Å². The fourth-order valence-electron chi connectivity index (χ4n) is 3.01. The Labute approximate surface area is 176 Å². The number of hydrogen-bond donors (Lipinski definition) is 1. The predicted octanol–water partition coefficient (Wildman–Crippen LogP) is 5.26. The van der Waals surface area contributed by atoms with Crippen LogP contribution in [-0.2, 0) is 10.0 Å². The second-order valence-corrected chi connectivity index (χ2v) is 9.00. The zero-order chi connectivity index (χ0) is 21.3. The van der Waals surface area contributed by atoms with Crippen LogP contribution in [-0.4, -0.2) is 18.4 Å². The smallest absolute Gasteiger partial charge is 0.267 e. The Morgan fingerprint density at radius 3 is 2.27 bits per heavy atom. The Balaban J connectivity index is 1.63. The van der Waals surface area contributed by atoms with E-state index in [1.165, 1.54) is 0 Å². The molecule has 30 heavy (non-hydrogen) atoms. The second kappa shape index (κ2) is 7.92. The molecule has 0 spiro atoms. The molecule has 0 saturated heterocycles. The van der Waals surface area contributed by atoms with Crippen LogP contribution in [0.4, 0.5) is 14.5 Å². The van der Waals surface area contributed by atoms with Crippen molar-refractivity contribution in [3.8, 4) is 21.7 Å². The summed E-state index contributed by atoms with van der Waals surface area (Å²) in [4.78, 5) is 6.56. The van der Waals surface area contributed by atoms with Crippen LogP contribution < -0.4 is 4.72 Å². The Morgan fingerprint density at radius 2 is 1.63 bits per heavy atom. The highest BCUT2D eigenvalue weighted by atomic mass is 32.2. The van der Waals surface area contributed by atoms with Crippen molar-refractivity contribution in [2.45, 2.75) is 11.8 Å². The summed E-state index contributed by atoms with van der Waals surface area (Å²) in [6, 6.07) is 12.6. The third-order valence-corrected chi connectivity index (χ3v) is 6.70. The van der Waals surface area contributed by atoms with Gasteiger partial charge in [0.2, 0.25) is 0 Å². The van der Waals surface area contributed by atoms with E-state index in [-0.39, 0.29) is 5.69 Å². The van der Waals surface area contributed by atoms with E-state index < -0.39 is 26.6 Å². The minimum Gasteiger partial charge on any atom is -0.279 e. The molecule has 0 fully saturated rings. The maximum atomic E-state index is 13.8. The minimum absolute atomic E-state index is 0.183. The molecule has 1 N–H and O–H groups in total. The van der Waals surface area contributed by atoms with Gasteiger partial charge in [0.1, 0.15) is 5.01 Å². The normalized spacial score (nSPS) is 11.4. The summed E-state index contributed by atoms with van der Waals surface area (Å²) < 4.78 is 54.6. The first-order valence-corrected chi connectivity index (χ1v) is 11.1. The van der Waals surface area contributed by atoms with Crippen LogP contribution >= 0.6 is 11.3 Å². The van der Waals surface area contributed by atoms with Crippen LogP contribution in [0.15, 0.2) is 71.3 Å². The molecule has 152 valence electrons. The standard InChI is InChI=1S/C21H15F2N3O2S2/c1-13-2-3-15(21-25-8-9-29-21)10-17(13)14-4-6-16(7-5-14)26-30(27,28)20-18(22)11-24-12-19(20)23/h2-12,26H,1H3. The first-order chi connectivity index (χ1) is 14.3. The number of aryl methyl sites for hydroxylation is 1. The second-order valence-electron chi connectivity index (χ2n) is 6.48. The third kappa shape index (κ3) is 3.94. The summed E-state index contributed by atoms with van der Waals surface area (Å²) in [5.41, 5.74) is 4.06. The molecule has 0 unspecified atom stereocenters. The van der Waals surface area contributed by atoms with E-state index in [1.807, 2.05) is 30.5 Å². The fourth-order valence-corrected chi connectivity index (χ4v) is 4.81. The van der Waals surface area contributed by atoms with Gasteiger partial charge in [0.05, 0.1) is 12.4 Å². The molecule has 0 amide bonds. The van der Waals surface area contributed by atoms with E-state index in [0.717, 1.165) is 27.3 Å². The average Bonchev–Trinajstić information content (AvgIpc) is 3.23. The van der Waals surface area contributed by atoms with E-state index >= 15 is 0 Å². The van der Waals surface area contributed by atoms with Crippen LogP contribution in [0.3, 0.4) is 0 Å². The lowest BCUT2D eigenvalue weighted by molar-refractivity contribution is 0.513. The number of aromatic nitrogens is 2. The van der Waals surface area contributed by atoms with Gasteiger partial charge in [-0.3, -0.25) is 9.71 Å². The van der Waals surface area contributed by atoms with Crippen LogP contribution in [0.2, 0.25) is 0 Å². The lowest BCUT2D eigenvalue weighted by Crippen LogP contribution is -2.16. The molecule has 0 aliphatic rings. The number of nitrogens with one attached hydrogen (secondary N) is 1. The molecule has 2 aromatic heterocycles. The summed E-state index contributed by atoms with van der Waals surface area (Å²) in [6.07, 6.45) is 3.05. The van der Waals surface area contributed by atoms with E-state index in [9.17, 15) is 17.2 Å². The first kappa shape index (κ1) is 20.1. The first-order valence-electron chi connectivity index (χ1n) is 8.78. The van der Waals surface area contributed by atoms with Crippen molar-refractivity contribution in [1.82, 2.24) is 9.97 Å². The SMILES string of the molecule is Cc1ccc(-c2nccs2)cc1-c1ccc(NS(=O)(=O)c2c(F)cncc2F)cc1. The monoisotopic (exact) mass is 443 g/mol. The van der Waals surface area contributed by atoms with Crippen LogP contribution in [0.5, 0.6) is 0 Å². The lowest BCUT2D eigenvalue weighted by Gasteiger charge is -2.11. The number of thiazole rings is 1. The Bertz CT molecular complexity index is 1290. The van der Waals surface area contributed by atoms with E-state index in [2.05, 4.69) is 14.7 Å². The number of hydrogen-bond acceptors (Lipinski definition) is 5. The maximum Gasteiger partial charge on any atom is 0.267 e. The molecular formula is C21H15F2N3O2S2. The average molecular weight is 444 g/mol. The van der Waals surface area contributed by atoms with Gasteiger partial charge in [-0.25, -0.2) is 22.2 Å². The van der Waals surface area contributed by atoms with Crippen molar-refractivity contribution < 1.29 is 17.2 Å². The molecule has 2 aromatic carbocycles. The zero-order valence-electron chi connectivity index (χ0n) is 15.6. The van der Waals surface area contributed by atoms with Crippen molar-refractivity contribution in [3.05, 3.63) is 83.6 Å². The summed E-state index contributed by atoms with van der Waals surface area (Å²) in [5, 5.41) is 2.81. The van der Waals surface area contributed by atoms with E-state index in [0.29, 0.717) is 12.4 Å². The van der Waals surface area contributed by atoms with Gasteiger partial charge in [-0.15, -0.1) is 11.3 Å². The number of benzene rings is 2. The molecule has 0 bridgehead atoms. The third-order valence-electron chi connectivity index (χ3n) is 4.44. The Hall–Kier alpha value is -3.17. The largest absolute Gasteiger partial charge is 0.279 e. The molecule has 0 aliphatic heterocycles. The van der Waals surface area contributed by atoms with Crippen molar-refractivity contribution in [3.63, 3.8) is 0 Å². The lowest BCUT2D eigenvalue weighted by atomic mass is 9.98. The number of rotatable bonds is 5. The van der Waals surface area contributed by atoms with Crippen molar-refractivity contribution >= 4 is 27.0 Å². The molecule has 4 rings (SSSR count). The molecule has 0 atom stereocenters. The number of nitrogens with zero attached hydrogens (tertiary/aromatic N) is 2.